The first-order chi connectivity index (χ1) is 14.3. The summed E-state index contributed by atoms with van der Waals surface area (Å²) in [5.74, 6) is 0.299. The fourth-order valence-corrected chi connectivity index (χ4v) is 5.13. The van der Waals surface area contributed by atoms with Crippen LogP contribution >= 0.6 is 7.60 Å². The van der Waals surface area contributed by atoms with Gasteiger partial charge in [0.1, 0.15) is 12.0 Å². The second-order valence-corrected chi connectivity index (χ2v) is 11.6. The van der Waals surface area contributed by atoms with Gasteiger partial charge in [0.25, 0.3) is 0 Å². The molecule has 1 heterocycles. The number of phenols is 1. The Morgan fingerprint density at radius 3 is 1.87 bits per heavy atom. The van der Waals surface area contributed by atoms with Gasteiger partial charge in [-0.3, -0.25) is 9.55 Å². The van der Waals surface area contributed by atoms with Gasteiger partial charge in [-0.1, -0.05) is 41.5 Å². The monoisotopic (exact) mass is 448 g/mol. The molecule has 0 atom stereocenters. The Morgan fingerprint density at radius 1 is 0.968 bits per heavy atom. The molecule has 0 unspecified atom stereocenters. The molecule has 0 spiro atoms. The average Bonchev–Trinajstić information content (AvgIpc) is 2.66. The van der Waals surface area contributed by atoms with Crippen molar-refractivity contribution in [1.29, 1.82) is 0 Å². The molecule has 0 saturated carbocycles. The second kappa shape index (κ2) is 9.72. The lowest BCUT2D eigenvalue weighted by atomic mass is 9.79. The van der Waals surface area contributed by atoms with E-state index in [1.165, 1.54) is 0 Å². The summed E-state index contributed by atoms with van der Waals surface area (Å²) < 4.78 is 24.6. The maximum absolute atomic E-state index is 13.4. The van der Waals surface area contributed by atoms with E-state index in [-0.39, 0.29) is 30.3 Å². The van der Waals surface area contributed by atoms with Gasteiger partial charge in [0.2, 0.25) is 0 Å². The Labute approximate surface area is 187 Å². The van der Waals surface area contributed by atoms with Crippen molar-refractivity contribution in [1.82, 2.24) is 4.98 Å². The topological polar surface area (TPSA) is 71.9 Å². The molecule has 0 saturated heterocycles. The molecule has 0 radical (unpaired) electrons. The van der Waals surface area contributed by atoms with Crippen LogP contribution in [0, 0.1) is 0 Å². The SMILES string of the molecule is CCOP(=O)(CN(c1cccnc1)c1cc(C(C)(C)C)c(O)c(C(C)(C)C)c1)OCC. The number of phenolic OH excluding ortho intramolecular Hbond substituents is 1. The van der Waals surface area contributed by atoms with Gasteiger partial charge < -0.3 is 19.1 Å². The first-order valence-corrected chi connectivity index (χ1v) is 12.5. The third kappa shape index (κ3) is 6.31. The number of hydrogen-bond acceptors (Lipinski definition) is 6. The zero-order valence-electron chi connectivity index (χ0n) is 20.1. The number of benzene rings is 1. The van der Waals surface area contributed by atoms with Gasteiger partial charge >= 0.3 is 7.60 Å². The minimum Gasteiger partial charge on any atom is -0.507 e. The zero-order valence-corrected chi connectivity index (χ0v) is 21.0. The van der Waals surface area contributed by atoms with Gasteiger partial charge in [-0.2, -0.15) is 0 Å². The molecular weight excluding hydrogens is 411 g/mol. The molecule has 31 heavy (non-hydrogen) atoms. The number of aromatic nitrogens is 1. The van der Waals surface area contributed by atoms with Gasteiger partial charge in [-0.15, -0.1) is 0 Å². The zero-order chi connectivity index (χ0) is 23.4. The Balaban J connectivity index is 2.75. The molecule has 0 amide bonds. The summed E-state index contributed by atoms with van der Waals surface area (Å²) in [4.78, 5) is 6.16. The Morgan fingerprint density at radius 2 is 1.48 bits per heavy atom. The molecule has 0 aliphatic heterocycles. The Bertz CT molecular complexity index is 872. The summed E-state index contributed by atoms with van der Waals surface area (Å²) in [6, 6.07) is 7.67. The lowest BCUT2D eigenvalue weighted by molar-refractivity contribution is 0.220. The molecule has 172 valence electrons. The lowest BCUT2D eigenvalue weighted by Gasteiger charge is -2.33. The van der Waals surface area contributed by atoms with Crippen LogP contribution in [0.5, 0.6) is 5.75 Å². The summed E-state index contributed by atoms with van der Waals surface area (Å²) in [7, 11) is -3.39. The fourth-order valence-electron chi connectivity index (χ4n) is 3.43. The number of pyridine rings is 1. The van der Waals surface area contributed by atoms with E-state index in [4.69, 9.17) is 9.05 Å². The molecule has 1 N–H and O–H groups in total. The molecule has 7 heteroatoms. The third-order valence-electron chi connectivity index (χ3n) is 4.95. The number of aromatic hydroxyl groups is 1. The largest absolute Gasteiger partial charge is 0.507 e. The molecule has 2 aromatic rings. The highest BCUT2D eigenvalue weighted by atomic mass is 31.2. The van der Waals surface area contributed by atoms with Crippen molar-refractivity contribution >= 4 is 19.0 Å². The van der Waals surface area contributed by atoms with E-state index in [2.05, 4.69) is 46.5 Å². The summed E-state index contributed by atoms with van der Waals surface area (Å²) >= 11 is 0. The molecule has 0 aliphatic rings. The highest BCUT2D eigenvalue weighted by molar-refractivity contribution is 7.54. The lowest BCUT2D eigenvalue weighted by Crippen LogP contribution is -2.24. The van der Waals surface area contributed by atoms with Crippen LogP contribution in [0.3, 0.4) is 0 Å². The minimum atomic E-state index is -3.39. The van der Waals surface area contributed by atoms with Gasteiger partial charge in [-0.05, 0) is 48.9 Å². The summed E-state index contributed by atoms with van der Waals surface area (Å²) in [5.41, 5.74) is 2.65. The molecule has 6 nitrogen and oxygen atoms in total. The van der Waals surface area contributed by atoms with Crippen LogP contribution in [-0.4, -0.2) is 29.6 Å². The molecule has 0 bridgehead atoms. The van der Waals surface area contributed by atoms with Gasteiger partial charge in [0.15, 0.2) is 0 Å². The van der Waals surface area contributed by atoms with Crippen molar-refractivity contribution in [3.05, 3.63) is 47.8 Å². The Hall–Kier alpha value is -1.88. The van der Waals surface area contributed by atoms with Crippen molar-refractivity contribution in [3.63, 3.8) is 0 Å². The number of rotatable bonds is 8. The van der Waals surface area contributed by atoms with E-state index in [0.717, 1.165) is 22.5 Å². The quantitative estimate of drug-likeness (QED) is 0.451. The maximum Gasteiger partial charge on any atom is 0.350 e. The van der Waals surface area contributed by atoms with E-state index < -0.39 is 7.60 Å². The second-order valence-electron chi connectivity index (χ2n) is 9.62. The highest BCUT2D eigenvalue weighted by Crippen LogP contribution is 2.51. The molecule has 1 aromatic carbocycles. The first kappa shape index (κ1) is 25.4. The normalized spacial score (nSPS) is 12.8. The Kier molecular flexibility index (Phi) is 7.96. The summed E-state index contributed by atoms with van der Waals surface area (Å²) in [6.07, 6.45) is 3.46. The van der Waals surface area contributed by atoms with Crippen LogP contribution in [0.1, 0.15) is 66.5 Å². The molecule has 0 aliphatic carbocycles. The first-order valence-electron chi connectivity index (χ1n) is 10.8. The molecular formula is C24H37N2O4P. The van der Waals surface area contributed by atoms with Crippen molar-refractivity contribution < 1.29 is 18.7 Å². The van der Waals surface area contributed by atoms with Gasteiger partial charge in [-0.25, -0.2) is 0 Å². The van der Waals surface area contributed by atoms with Crippen LogP contribution in [0.15, 0.2) is 36.7 Å². The molecule has 2 rings (SSSR count). The summed E-state index contributed by atoms with van der Waals surface area (Å²) in [5, 5.41) is 11.1. The smallest absolute Gasteiger partial charge is 0.350 e. The van der Waals surface area contributed by atoms with E-state index in [9.17, 15) is 9.67 Å². The molecule has 1 aromatic heterocycles. The van der Waals surface area contributed by atoms with Crippen molar-refractivity contribution in [3.8, 4) is 5.75 Å². The average molecular weight is 449 g/mol. The van der Waals surface area contributed by atoms with Crippen LogP contribution in [0.25, 0.3) is 0 Å². The third-order valence-corrected chi connectivity index (χ3v) is 6.88. The minimum absolute atomic E-state index is 0.0400. The number of anilines is 2. The van der Waals surface area contributed by atoms with E-state index in [1.807, 2.05) is 29.2 Å². The van der Waals surface area contributed by atoms with Crippen LogP contribution < -0.4 is 4.90 Å². The highest BCUT2D eigenvalue weighted by Gasteiger charge is 2.32. The van der Waals surface area contributed by atoms with E-state index in [0.29, 0.717) is 5.75 Å². The number of nitrogens with zero attached hydrogens (tertiary/aromatic N) is 2. The number of hydrogen-bond donors (Lipinski definition) is 1. The predicted molar refractivity (Wildman–Crippen MR) is 128 cm³/mol. The van der Waals surface area contributed by atoms with E-state index >= 15 is 0 Å². The van der Waals surface area contributed by atoms with Crippen LogP contribution in [-0.2, 0) is 24.4 Å². The van der Waals surface area contributed by atoms with Crippen molar-refractivity contribution in [2.75, 3.05) is 24.4 Å². The van der Waals surface area contributed by atoms with E-state index in [1.54, 1.807) is 26.2 Å². The standard InChI is InChI=1S/C24H37N2O4P/c1-9-29-31(28,30-10-2)17-26(18-12-11-13-25-16-18)19-14-20(23(3,4)5)22(27)21(15-19)24(6,7)8/h11-16,27H,9-10,17H2,1-8H3. The van der Waals surface area contributed by atoms with Gasteiger partial charge in [0, 0.05) is 23.0 Å². The van der Waals surface area contributed by atoms with Crippen LogP contribution in [0.2, 0.25) is 0 Å². The maximum atomic E-state index is 13.4. The van der Waals surface area contributed by atoms with Crippen LogP contribution in [0.4, 0.5) is 11.4 Å². The van der Waals surface area contributed by atoms with Crippen molar-refractivity contribution in [2.45, 2.75) is 66.2 Å². The van der Waals surface area contributed by atoms with Gasteiger partial charge in [0.05, 0.1) is 25.1 Å². The fraction of sp³-hybridized carbons (Fsp3) is 0.542. The van der Waals surface area contributed by atoms with Crippen molar-refractivity contribution in [2.24, 2.45) is 0 Å². The molecule has 0 fully saturated rings. The summed E-state index contributed by atoms with van der Waals surface area (Å²) in [6.45, 7) is 16.6. The predicted octanol–water partition coefficient (Wildman–Crippen LogP) is 6.74.